The van der Waals surface area contributed by atoms with E-state index in [0.29, 0.717) is 11.3 Å². The van der Waals surface area contributed by atoms with Gasteiger partial charge in [0.15, 0.2) is 10.9 Å². The molecule has 7 heteroatoms. The van der Waals surface area contributed by atoms with Gasteiger partial charge in [0, 0.05) is 5.56 Å². The zero-order valence-electron chi connectivity index (χ0n) is 15.5. The number of rotatable bonds is 6. The first-order valence-electron chi connectivity index (χ1n) is 8.77. The van der Waals surface area contributed by atoms with Crippen molar-refractivity contribution in [2.45, 2.75) is 13.0 Å². The first-order valence-corrected chi connectivity index (χ1v) is 9.18. The monoisotopic (exact) mass is 396 g/mol. The van der Waals surface area contributed by atoms with Crippen molar-refractivity contribution in [3.63, 3.8) is 0 Å². The molecule has 144 valence electrons. The van der Waals surface area contributed by atoms with Gasteiger partial charge in [-0.15, -0.1) is 0 Å². The van der Waals surface area contributed by atoms with Crippen LogP contribution in [0.25, 0.3) is 0 Å². The molecule has 28 heavy (non-hydrogen) atoms. The van der Waals surface area contributed by atoms with Crippen LogP contribution in [0, 0.1) is 0 Å². The average molecular weight is 396 g/mol. The molecule has 3 rings (SSSR count). The third-order valence-electron chi connectivity index (χ3n) is 4.26. The summed E-state index contributed by atoms with van der Waals surface area (Å²) in [5.41, 5.74) is 1.49. The van der Waals surface area contributed by atoms with E-state index in [4.69, 9.17) is 21.7 Å². The summed E-state index contributed by atoms with van der Waals surface area (Å²) in [5.74, 6) is -0.287. The predicted molar refractivity (Wildman–Crippen MR) is 109 cm³/mol. The average Bonchev–Trinajstić information content (AvgIpc) is 2.73. The van der Waals surface area contributed by atoms with Gasteiger partial charge in [-0.3, -0.25) is 4.79 Å². The van der Waals surface area contributed by atoms with E-state index in [1.54, 1.807) is 50.4 Å². The minimum absolute atomic E-state index is 0.0484. The van der Waals surface area contributed by atoms with Gasteiger partial charge >= 0.3 is 5.97 Å². The number of benzene rings is 2. The summed E-state index contributed by atoms with van der Waals surface area (Å²) in [6.45, 7) is 1.89. The van der Waals surface area contributed by atoms with Gasteiger partial charge in [0.2, 0.25) is 0 Å². The van der Waals surface area contributed by atoms with Crippen LogP contribution in [0.3, 0.4) is 0 Å². The molecule has 0 bridgehead atoms. The smallest absolute Gasteiger partial charge is 0.355 e. The van der Waals surface area contributed by atoms with Crippen molar-refractivity contribution in [3.05, 3.63) is 77.0 Å². The van der Waals surface area contributed by atoms with E-state index < -0.39 is 12.0 Å². The number of thiocarbonyl (C=S) groups is 1. The molecule has 0 aromatic heterocycles. The summed E-state index contributed by atoms with van der Waals surface area (Å²) in [6, 6.07) is 15.4. The van der Waals surface area contributed by atoms with Crippen molar-refractivity contribution < 1.29 is 19.1 Å². The van der Waals surface area contributed by atoms with Crippen LogP contribution in [0.15, 0.2) is 65.9 Å². The van der Waals surface area contributed by atoms with Crippen molar-refractivity contribution in [2.24, 2.45) is 0 Å². The molecule has 0 aliphatic carbocycles. The van der Waals surface area contributed by atoms with E-state index in [2.05, 4.69) is 10.6 Å². The van der Waals surface area contributed by atoms with Crippen molar-refractivity contribution in [1.82, 2.24) is 10.6 Å². The van der Waals surface area contributed by atoms with Crippen LogP contribution >= 0.6 is 12.2 Å². The standard InChI is InChI=1S/C21H20N2O4S/c1-3-27-20(25)18-16(19(24)13-8-5-4-6-9-13)17(22-21(28)23-18)14-10-7-11-15(12-14)26-2/h4-12,17H,3H2,1-2H3,(H2,22,23,28). The zero-order valence-corrected chi connectivity index (χ0v) is 16.3. The van der Waals surface area contributed by atoms with Crippen LogP contribution in [0.2, 0.25) is 0 Å². The van der Waals surface area contributed by atoms with E-state index in [0.717, 1.165) is 5.56 Å². The Bertz CT molecular complexity index is 940. The Labute approximate surface area is 168 Å². The predicted octanol–water partition coefficient (Wildman–Crippen LogP) is 2.91. The van der Waals surface area contributed by atoms with Crippen LogP contribution in [0.1, 0.15) is 28.9 Å². The number of Topliss-reactive ketones (excluding diaryl/α,β-unsaturated/α-hetero) is 1. The molecule has 2 N–H and O–H groups in total. The SMILES string of the molecule is CCOC(=O)C1=C(C(=O)c2ccccc2)C(c2cccc(OC)c2)NC(=S)N1. The number of carbonyl (C=O) groups is 2. The Morgan fingerprint density at radius 2 is 1.86 bits per heavy atom. The van der Waals surface area contributed by atoms with Gasteiger partial charge in [-0.1, -0.05) is 42.5 Å². The summed E-state index contributed by atoms with van der Waals surface area (Å²) in [4.78, 5) is 25.9. The second-order valence-electron chi connectivity index (χ2n) is 6.01. The summed E-state index contributed by atoms with van der Waals surface area (Å²) in [7, 11) is 1.56. The fourth-order valence-electron chi connectivity index (χ4n) is 2.99. The number of methoxy groups -OCH3 is 1. The fourth-order valence-corrected chi connectivity index (χ4v) is 3.21. The minimum Gasteiger partial charge on any atom is -0.497 e. The van der Waals surface area contributed by atoms with Gasteiger partial charge in [0.05, 0.1) is 25.3 Å². The van der Waals surface area contributed by atoms with E-state index in [-0.39, 0.29) is 28.8 Å². The Kier molecular flexibility index (Phi) is 6.06. The van der Waals surface area contributed by atoms with Crippen molar-refractivity contribution in [2.75, 3.05) is 13.7 Å². The van der Waals surface area contributed by atoms with Gasteiger partial charge in [0.25, 0.3) is 0 Å². The number of carbonyl (C=O) groups excluding carboxylic acids is 2. The van der Waals surface area contributed by atoms with Gasteiger partial charge in [-0.25, -0.2) is 4.79 Å². The molecule has 0 radical (unpaired) electrons. The quantitative estimate of drug-likeness (QED) is 0.442. The Morgan fingerprint density at radius 3 is 2.54 bits per heavy atom. The Balaban J connectivity index is 2.17. The van der Waals surface area contributed by atoms with E-state index in [1.807, 2.05) is 18.2 Å². The molecule has 0 fully saturated rings. The van der Waals surface area contributed by atoms with Crippen molar-refractivity contribution in [3.8, 4) is 5.75 Å². The molecular formula is C21H20N2O4S. The van der Waals surface area contributed by atoms with Crippen LogP contribution in [-0.2, 0) is 9.53 Å². The van der Waals surface area contributed by atoms with Gasteiger partial charge in [0.1, 0.15) is 11.4 Å². The number of esters is 1. The summed E-state index contributed by atoms with van der Waals surface area (Å²) in [6.07, 6.45) is 0. The Hall–Kier alpha value is -3.19. The van der Waals surface area contributed by atoms with Crippen LogP contribution in [0.5, 0.6) is 5.75 Å². The normalized spacial score (nSPS) is 16.1. The largest absolute Gasteiger partial charge is 0.497 e. The summed E-state index contributed by atoms with van der Waals surface area (Å²) >= 11 is 5.27. The summed E-state index contributed by atoms with van der Waals surface area (Å²) in [5, 5.41) is 6.13. The maximum absolute atomic E-state index is 13.3. The molecule has 1 heterocycles. The highest BCUT2D eigenvalue weighted by atomic mass is 32.1. The van der Waals surface area contributed by atoms with Crippen LogP contribution in [0.4, 0.5) is 0 Å². The number of ketones is 1. The lowest BCUT2D eigenvalue weighted by Gasteiger charge is -2.30. The molecule has 1 unspecified atom stereocenters. The highest BCUT2D eigenvalue weighted by molar-refractivity contribution is 7.80. The van der Waals surface area contributed by atoms with Gasteiger partial charge in [-0.05, 0) is 36.8 Å². The Morgan fingerprint density at radius 1 is 1.11 bits per heavy atom. The zero-order chi connectivity index (χ0) is 20.1. The van der Waals surface area contributed by atoms with Crippen LogP contribution < -0.4 is 15.4 Å². The molecule has 1 atom stereocenters. The third kappa shape index (κ3) is 4.04. The minimum atomic E-state index is -0.629. The molecular weight excluding hydrogens is 376 g/mol. The first kappa shape index (κ1) is 19.6. The maximum Gasteiger partial charge on any atom is 0.355 e. The molecule has 6 nitrogen and oxygen atoms in total. The first-order chi connectivity index (χ1) is 13.5. The van der Waals surface area contributed by atoms with Gasteiger partial charge < -0.3 is 20.1 Å². The molecule has 0 amide bonds. The molecule has 2 aromatic carbocycles. The lowest BCUT2D eigenvalue weighted by molar-refractivity contribution is -0.138. The third-order valence-corrected chi connectivity index (χ3v) is 4.48. The summed E-state index contributed by atoms with van der Waals surface area (Å²) < 4.78 is 10.4. The van der Waals surface area contributed by atoms with Crippen LogP contribution in [-0.4, -0.2) is 30.6 Å². The second-order valence-corrected chi connectivity index (χ2v) is 6.42. The molecule has 0 saturated carbocycles. The molecule has 0 spiro atoms. The van der Waals surface area contributed by atoms with E-state index >= 15 is 0 Å². The molecule has 1 aliphatic rings. The molecule has 1 aliphatic heterocycles. The van der Waals surface area contributed by atoms with E-state index in [9.17, 15) is 9.59 Å². The topological polar surface area (TPSA) is 76.7 Å². The highest BCUT2D eigenvalue weighted by Gasteiger charge is 2.35. The lowest BCUT2D eigenvalue weighted by atomic mass is 9.89. The fraction of sp³-hybridized carbons (Fsp3) is 0.190. The van der Waals surface area contributed by atoms with E-state index in [1.165, 1.54) is 0 Å². The van der Waals surface area contributed by atoms with Gasteiger partial charge in [-0.2, -0.15) is 0 Å². The highest BCUT2D eigenvalue weighted by Crippen LogP contribution is 2.31. The van der Waals surface area contributed by atoms with Crippen molar-refractivity contribution >= 4 is 29.1 Å². The lowest BCUT2D eigenvalue weighted by Crippen LogP contribution is -2.47. The van der Waals surface area contributed by atoms with Crippen molar-refractivity contribution in [1.29, 1.82) is 0 Å². The molecule has 2 aromatic rings. The maximum atomic E-state index is 13.3. The number of hydrogen-bond donors (Lipinski definition) is 2. The number of hydrogen-bond acceptors (Lipinski definition) is 5. The number of ether oxygens (including phenoxy) is 2. The molecule has 0 saturated heterocycles. The second kappa shape index (κ2) is 8.67. The number of nitrogens with one attached hydrogen (secondary N) is 2.